The maximum Gasteiger partial charge on any atom is 0.337 e. The number of nitrogens with zero attached hydrogens (tertiary/aromatic N) is 1. The number of ether oxygens (including phenoxy) is 1. The number of nitrogens with one attached hydrogen (secondary N) is 1. The molecular weight excluding hydrogens is 500 g/mol. The predicted octanol–water partition coefficient (Wildman–Crippen LogP) is 6.46. The van der Waals surface area contributed by atoms with Gasteiger partial charge in [0, 0.05) is 22.5 Å². The molecule has 0 aromatic heterocycles. The van der Waals surface area contributed by atoms with Gasteiger partial charge in [0.05, 0.1) is 22.2 Å². The van der Waals surface area contributed by atoms with Gasteiger partial charge >= 0.3 is 5.97 Å². The number of hydrogen-bond acceptors (Lipinski definition) is 5. The van der Waals surface area contributed by atoms with Crippen LogP contribution in [0.25, 0.3) is 0 Å². The van der Waals surface area contributed by atoms with Crippen molar-refractivity contribution in [2.75, 3.05) is 5.32 Å². The third-order valence-electron chi connectivity index (χ3n) is 6.46. The normalized spacial score (nSPS) is 20.2. The molecule has 1 heterocycles. The SMILES string of the molecule is O=C(O)c1cc(Br)cc2c1N[C@@H](c1ccc(OCc3ccc([N+](=O)[O-])cc3)cc1)[C@H]1CC=C[C@@H]21. The number of allylic oxidation sites excluding steroid dienone is 2. The van der Waals surface area contributed by atoms with E-state index in [2.05, 4.69) is 33.4 Å². The number of non-ortho nitro benzene ring substituents is 1. The van der Waals surface area contributed by atoms with Crippen LogP contribution in [0.4, 0.5) is 11.4 Å². The molecule has 0 fully saturated rings. The average molecular weight is 521 g/mol. The van der Waals surface area contributed by atoms with Crippen molar-refractivity contribution >= 4 is 33.3 Å². The minimum absolute atomic E-state index is 0.0319. The van der Waals surface area contributed by atoms with Crippen molar-refractivity contribution in [3.05, 3.63) is 110 Å². The molecule has 0 saturated carbocycles. The molecule has 5 rings (SSSR count). The number of carboxylic acids is 1. The van der Waals surface area contributed by atoms with Gasteiger partial charge in [-0.3, -0.25) is 10.1 Å². The Kier molecular flexibility index (Phi) is 5.83. The van der Waals surface area contributed by atoms with E-state index in [0.29, 0.717) is 18.0 Å². The topological polar surface area (TPSA) is 102 Å². The zero-order chi connectivity index (χ0) is 23.8. The number of nitro groups is 1. The van der Waals surface area contributed by atoms with E-state index in [9.17, 15) is 20.0 Å². The molecule has 0 saturated heterocycles. The van der Waals surface area contributed by atoms with Crippen LogP contribution >= 0.6 is 15.9 Å². The van der Waals surface area contributed by atoms with Crippen LogP contribution in [0.1, 0.15) is 45.4 Å². The smallest absolute Gasteiger partial charge is 0.337 e. The van der Waals surface area contributed by atoms with Gasteiger partial charge in [0.1, 0.15) is 12.4 Å². The van der Waals surface area contributed by atoms with Gasteiger partial charge in [-0.05, 0) is 65.4 Å². The molecule has 0 amide bonds. The fourth-order valence-electron chi connectivity index (χ4n) is 4.81. The summed E-state index contributed by atoms with van der Waals surface area (Å²) in [7, 11) is 0. The first-order valence-electron chi connectivity index (χ1n) is 10.9. The van der Waals surface area contributed by atoms with E-state index in [1.54, 1.807) is 18.2 Å². The lowest BCUT2D eigenvalue weighted by molar-refractivity contribution is -0.384. The van der Waals surface area contributed by atoms with Crippen molar-refractivity contribution in [3.8, 4) is 5.75 Å². The summed E-state index contributed by atoms with van der Waals surface area (Å²) in [6, 6.07) is 17.7. The highest BCUT2D eigenvalue weighted by molar-refractivity contribution is 9.10. The number of rotatable bonds is 6. The van der Waals surface area contributed by atoms with Crippen LogP contribution in [-0.4, -0.2) is 16.0 Å². The van der Waals surface area contributed by atoms with E-state index >= 15 is 0 Å². The lowest BCUT2D eigenvalue weighted by atomic mass is 9.76. The second kappa shape index (κ2) is 8.95. The van der Waals surface area contributed by atoms with E-state index < -0.39 is 10.9 Å². The minimum atomic E-state index is -0.959. The number of benzene rings is 3. The van der Waals surface area contributed by atoms with E-state index in [4.69, 9.17) is 4.74 Å². The Morgan fingerprint density at radius 3 is 2.56 bits per heavy atom. The summed E-state index contributed by atoms with van der Waals surface area (Å²) in [5.41, 5.74) is 3.89. The summed E-state index contributed by atoms with van der Waals surface area (Å²) in [5.74, 6) is 0.166. The van der Waals surface area contributed by atoms with E-state index in [-0.39, 0.29) is 29.1 Å². The molecule has 2 aliphatic rings. The largest absolute Gasteiger partial charge is 0.489 e. The lowest BCUT2D eigenvalue weighted by Crippen LogP contribution is -2.30. The first kappa shape index (κ1) is 22.2. The Bertz CT molecular complexity index is 1290. The van der Waals surface area contributed by atoms with Crippen molar-refractivity contribution in [3.63, 3.8) is 0 Å². The molecule has 1 aliphatic carbocycles. The van der Waals surface area contributed by atoms with Gasteiger partial charge in [-0.1, -0.05) is 40.2 Å². The van der Waals surface area contributed by atoms with Gasteiger partial charge in [0.2, 0.25) is 0 Å². The molecule has 3 aromatic rings. The highest BCUT2D eigenvalue weighted by atomic mass is 79.9. The summed E-state index contributed by atoms with van der Waals surface area (Å²) in [5, 5.41) is 24.1. The minimum Gasteiger partial charge on any atom is -0.489 e. The molecule has 172 valence electrons. The van der Waals surface area contributed by atoms with Gasteiger partial charge in [0.25, 0.3) is 5.69 Å². The summed E-state index contributed by atoms with van der Waals surface area (Å²) in [6.07, 6.45) is 5.26. The summed E-state index contributed by atoms with van der Waals surface area (Å²) < 4.78 is 6.62. The monoisotopic (exact) mass is 520 g/mol. The van der Waals surface area contributed by atoms with E-state index in [1.807, 2.05) is 30.3 Å². The number of fused-ring (bicyclic) bond motifs is 3. The standard InChI is InChI=1S/C26H21BrN2O5/c27-17-12-22-20-2-1-3-21(20)24(28-25(22)23(13-17)26(30)31)16-6-10-19(11-7-16)34-14-15-4-8-18(9-5-15)29(32)33/h1-2,4-13,20-21,24,28H,3,14H2,(H,30,31)/t20-,21+,24+/m1/s1. The molecule has 0 bridgehead atoms. The number of nitro benzene ring substituents is 1. The molecule has 34 heavy (non-hydrogen) atoms. The Morgan fingerprint density at radius 1 is 1.15 bits per heavy atom. The lowest BCUT2D eigenvalue weighted by Gasteiger charge is -2.38. The number of aromatic carboxylic acids is 1. The third kappa shape index (κ3) is 4.17. The maximum atomic E-state index is 11.9. The van der Waals surface area contributed by atoms with Gasteiger partial charge in [0.15, 0.2) is 0 Å². The van der Waals surface area contributed by atoms with Crippen LogP contribution < -0.4 is 10.1 Å². The fraction of sp³-hybridized carbons (Fsp3) is 0.192. The molecule has 7 nitrogen and oxygen atoms in total. The van der Waals surface area contributed by atoms with Crippen LogP contribution in [0.15, 0.2) is 77.3 Å². The number of hydrogen-bond donors (Lipinski definition) is 2. The molecule has 3 atom stereocenters. The Hall–Kier alpha value is -3.65. The van der Waals surface area contributed by atoms with Crippen molar-refractivity contribution in [1.82, 2.24) is 0 Å². The number of halogens is 1. The highest BCUT2D eigenvalue weighted by Gasteiger charge is 2.39. The summed E-state index contributed by atoms with van der Waals surface area (Å²) >= 11 is 3.46. The Balaban J connectivity index is 1.35. The molecule has 1 aliphatic heterocycles. The van der Waals surface area contributed by atoms with Crippen molar-refractivity contribution in [1.29, 1.82) is 0 Å². The second-order valence-electron chi connectivity index (χ2n) is 8.48. The quantitative estimate of drug-likeness (QED) is 0.219. The molecule has 8 heteroatoms. The third-order valence-corrected chi connectivity index (χ3v) is 6.91. The zero-order valence-electron chi connectivity index (χ0n) is 18.0. The second-order valence-corrected chi connectivity index (χ2v) is 9.40. The van der Waals surface area contributed by atoms with Crippen molar-refractivity contribution in [2.45, 2.75) is 25.0 Å². The average Bonchev–Trinajstić information content (AvgIpc) is 3.33. The molecular formula is C26H21BrN2O5. The Labute approximate surface area is 204 Å². The van der Waals surface area contributed by atoms with Crippen LogP contribution in [0.3, 0.4) is 0 Å². The van der Waals surface area contributed by atoms with Gasteiger partial charge in [-0.25, -0.2) is 4.79 Å². The number of anilines is 1. The van der Waals surface area contributed by atoms with E-state index in [0.717, 1.165) is 27.6 Å². The molecule has 0 radical (unpaired) electrons. The highest BCUT2D eigenvalue weighted by Crippen LogP contribution is 2.51. The first-order chi connectivity index (χ1) is 16.4. The van der Waals surface area contributed by atoms with Crippen molar-refractivity contribution < 1.29 is 19.6 Å². The molecule has 0 unspecified atom stereocenters. The van der Waals surface area contributed by atoms with Crippen LogP contribution in [0, 0.1) is 16.0 Å². The number of carbonyl (C=O) groups is 1. The molecule has 0 spiro atoms. The first-order valence-corrected chi connectivity index (χ1v) is 11.7. The Morgan fingerprint density at radius 2 is 1.88 bits per heavy atom. The number of carboxylic acid groups (broad SMARTS) is 1. The molecule has 3 aromatic carbocycles. The fourth-order valence-corrected chi connectivity index (χ4v) is 5.29. The summed E-state index contributed by atoms with van der Waals surface area (Å²) in [6.45, 7) is 0.303. The maximum absolute atomic E-state index is 11.9. The van der Waals surface area contributed by atoms with Crippen molar-refractivity contribution in [2.24, 2.45) is 5.92 Å². The predicted molar refractivity (Wildman–Crippen MR) is 131 cm³/mol. The van der Waals surface area contributed by atoms with Crippen LogP contribution in [0.5, 0.6) is 5.75 Å². The summed E-state index contributed by atoms with van der Waals surface area (Å²) in [4.78, 5) is 22.3. The zero-order valence-corrected chi connectivity index (χ0v) is 19.6. The van der Waals surface area contributed by atoms with Gasteiger partial charge < -0.3 is 15.2 Å². The van der Waals surface area contributed by atoms with Crippen LogP contribution in [-0.2, 0) is 6.61 Å². The van der Waals surface area contributed by atoms with Gasteiger partial charge in [-0.2, -0.15) is 0 Å². The molecule has 2 N–H and O–H groups in total. The van der Waals surface area contributed by atoms with Crippen LogP contribution in [0.2, 0.25) is 0 Å². The van der Waals surface area contributed by atoms with E-state index in [1.165, 1.54) is 12.1 Å². The van der Waals surface area contributed by atoms with Gasteiger partial charge in [-0.15, -0.1) is 0 Å².